The molecule has 0 bridgehead atoms. The molecule has 7 heteroatoms. The number of amides is 1. The van der Waals surface area contributed by atoms with Gasteiger partial charge in [-0.05, 0) is 42.0 Å². The van der Waals surface area contributed by atoms with Gasteiger partial charge in [-0.15, -0.1) is 6.42 Å². The van der Waals surface area contributed by atoms with Crippen molar-refractivity contribution < 1.29 is 9.18 Å². The molecule has 2 aromatic carbocycles. The summed E-state index contributed by atoms with van der Waals surface area (Å²) in [5.74, 6) is 2.05. The van der Waals surface area contributed by atoms with Gasteiger partial charge in [0.15, 0.2) is 0 Å². The Bertz CT molecular complexity index is 1080. The molecule has 2 N–H and O–H groups in total. The van der Waals surface area contributed by atoms with E-state index in [-0.39, 0.29) is 23.2 Å². The van der Waals surface area contributed by atoms with Gasteiger partial charge >= 0.3 is 0 Å². The van der Waals surface area contributed by atoms with Gasteiger partial charge in [0, 0.05) is 19.2 Å². The Hall–Kier alpha value is -3.66. The molecular weight excluding hydrogens is 347 g/mol. The molecule has 1 amide bonds. The highest BCUT2D eigenvalue weighted by Crippen LogP contribution is 2.19. The first-order valence-corrected chi connectivity index (χ1v) is 8.21. The van der Waals surface area contributed by atoms with Crippen molar-refractivity contribution in [1.82, 2.24) is 9.97 Å². The van der Waals surface area contributed by atoms with Crippen molar-refractivity contribution in [2.45, 2.75) is 13.5 Å². The lowest BCUT2D eigenvalue weighted by atomic mass is 10.1. The van der Waals surface area contributed by atoms with Gasteiger partial charge < -0.3 is 4.90 Å². The molecular formula is C20H17FN4O2. The Labute approximate surface area is 155 Å². The second-order valence-corrected chi connectivity index (χ2v) is 5.98. The van der Waals surface area contributed by atoms with Gasteiger partial charge in [0.25, 0.3) is 5.56 Å². The molecule has 1 aromatic heterocycles. The molecule has 0 saturated heterocycles. The summed E-state index contributed by atoms with van der Waals surface area (Å²) in [6.45, 7) is 2.11. The number of nitrogens with zero attached hydrogens (tertiary/aromatic N) is 2. The number of anilines is 2. The molecule has 0 aliphatic heterocycles. The second-order valence-electron chi connectivity index (χ2n) is 5.98. The number of terminal acetylenes is 1. The molecule has 0 saturated carbocycles. The number of fused-ring (bicyclic) bond motifs is 1. The highest BCUT2D eigenvalue weighted by atomic mass is 19.1. The van der Waals surface area contributed by atoms with Crippen LogP contribution < -0.4 is 15.8 Å². The number of aromatic nitrogens is 2. The van der Waals surface area contributed by atoms with Crippen molar-refractivity contribution in [1.29, 1.82) is 0 Å². The molecule has 136 valence electrons. The molecule has 0 aliphatic rings. The molecule has 3 rings (SSSR count). The van der Waals surface area contributed by atoms with Crippen molar-refractivity contribution in [3.05, 3.63) is 64.2 Å². The summed E-state index contributed by atoms with van der Waals surface area (Å²) in [5, 5.41) is 2.86. The molecule has 0 unspecified atom stereocenters. The normalized spacial score (nSPS) is 10.4. The quantitative estimate of drug-likeness (QED) is 0.683. The number of aromatic amines is 1. The van der Waals surface area contributed by atoms with Crippen LogP contribution in [0.4, 0.5) is 16.0 Å². The number of hydrogen-bond acceptors (Lipinski definition) is 4. The standard InChI is InChI=1S/C20H17FN4O2/c1-3-10-25(16-7-5-15(21)6-8-16)12-14-4-9-18-17(11-14)19(27)24-20(23-18)22-13(2)26/h1,4-9,11H,10,12H2,2H3,(H2,22,23,24,26,27). The zero-order valence-corrected chi connectivity index (χ0v) is 14.6. The summed E-state index contributed by atoms with van der Waals surface area (Å²) in [5.41, 5.74) is 1.75. The van der Waals surface area contributed by atoms with E-state index >= 15 is 0 Å². The number of nitrogens with one attached hydrogen (secondary N) is 2. The summed E-state index contributed by atoms with van der Waals surface area (Å²) in [6, 6.07) is 11.3. The number of halogens is 1. The van der Waals surface area contributed by atoms with E-state index in [1.165, 1.54) is 19.1 Å². The molecule has 0 radical (unpaired) electrons. The van der Waals surface area contributed by atoms with Crippen LogP contribution in [0, 0.1) is 18.2 Å². The van der Waals surface area contributed by atoms with Crippen LogP contribution >= 0.6 is 0 Å². The molecule has 0 aliphatic carbocycles. The van der Waals surface area contributed by atoms with Crippen LogP contribution in [0.25, 0.3) is 10.9 Å². The van der Waals surface area contributed by atoms with E-state index < -0.39 is 0 Å². The Morgan fingerprint density at radius 1 is 1.30 bits per heavy atom. The number of benzene rings is 2. The van der Waals surface area contributed by atoms with Crippen LogP contribution in [0.5, 0.6) is 0 Å². The first-order valence-electron chi connectivity index (χ1n) is 8.21. The summed E-state index contributed by atoms with van der Waals surface area (Å²) >= 11 is 0. The Balaban J connectivity index is 1.92. The highest BCUT2D eigenvalue weighted by molar-refractivity contribution is 5.88. The summed E-state index contributed by atoms with van der Waals surface area (Å²) in [7, 11) is 0. The minimum atomic E-state index is -0.351. The average Bonchev–Trinajstić information content (AvgIpc) is 2.62. The van der Waals surface area contributed by atoms with Crippen LogP contribution in [0.15, 0.2) is 47.3 Å². The number of H-pyrrole nitrogens is 1. The Morgan fingerprint density at radius 3 is 2.70 bits per heavy atom. The largest absolute Gasteiger partial charge is 0.356 e. The fraction of sp³-hybridized carbons (Fsp3) is 0.150. The average molecular weight is 364 g/mol. The van der Waals surface area contributed by atoms with Gasteiger partial charge in [0.1, 0.15) is 5.82 Å². The predicted molar refractivity (Wildman–Crippen MR) is 103 cm³/mol. The maximum Gasteiger partial charge on any atom is 0.260 e. The fourth-order valence-corrected chi connectivity index (χ4v) is 2.73. The lowest BCUT2D eigenvalue weighted by Crippen LogP contribution is -2.23. The second kappa shape index (κ2) is 7.70. The van der Waals surface area contributed by atoms with E-state index in [0.717, 1.165) is 11.3 Å². The van der Waals surface area contributed by atoms with Gasteiger partial charge in [0.2, 0.25) is 11.9 Å². The summed E-state index contributed by atoms with van der Waals surface area (Å²) < 4.78 is 13.2. The zero-order valence-electron chi connectivity index (χ0n) is 14.6. The van der Waals surface area contributed by atoms with E-state index in [9.17, 15) is 14.0 Å². The van der Waals surface area contributed by atoms with Crippen LogP contribution in [0.1, 0.15) is 12.5 Å². The van der Waals surface area contributed by atoms with Crippen LogP contribution in [0.3, 0.4) is 0 Å². The van der Waals surface area contributed by atoms with Crippen molar-refractivity contribution in [2.75, 3.05) is 16.8 Å². The van der Waals surface area contributed by atoms with E-state index in [1.807, 2.05) is 11.0 Å². The summed E-state index contributed by atoms with van der Waals surface area (Å²) in [6.07, 6.45) is 5.46. The first-order chi connectivity index (χ1) is 13.0. The van der Waals surface area contributed by atoms with Crippen molar-refractivity contribution in [3.63, 3.8) is 0 Å². The lowest BCUT2D eigenvalue weighted by Gasteiger charge is -2.22. The minimum absolute atomic E-state index is 0.105. The first kappa shape index (κ1) is 18.1. The Kier molecular flexibility index (Phi) is 5.18. The van der Waals surface area contributed by atoms with Crippen LogP contribution in [-0.4, -0.2) is 22.4 Å². The molecule has 0 fully saturated rings. The maximum absolute atomic E-state index is 13.2. The van der Waals surface area contributed by atoms with Crippen molar-refractivity contribution in [2.24, 2.45) is 0 Å². The smallest absolute Gasteiger partial charge is 0.260 e. The van der Waals surface area contributed by atoms with Crippen LogP contribution in [-0.2, 0) is 11.3 Å². The van der Waals surface area contributed by atoms with Gasteiger partial charge in [0.05, 0.1) is 17.4 Å². The number of rotatable bonds is 5. The minimum Gasteiger partial charge on any atom is -0.356 e. The fourth-order valence-electron chi connectivity index (χ4n) is 2.73. The molecule has 27 heavy (non-hydrogen) atoms. The van der Waals surface area contributed by atoms with Crippen molar-refractivity contribution in [3.8, 4) is 12.3 Å². The lowest BCUT2D eigenvalue weighted by molar-refractivity contribution is -0.114. The topological polar surface area (TPSA) is 78.1 Å². The number of hydrogen-bond donors (Lipinski definition) is 2. The SMILES string of the molecule is C#CCN(Cc1ccc2nc(NC(C)=O)[nH]c(=O)c2c1)c1ccc(F)cc1. The van der Waals surface area contributed by atoms with Crippen LogP contribution in [0.2, 0.25) is 0 Å². The summed E-state index contributed by atoms with van der Waals surface area (Å²) in [4.78, 5) is 32.1. The third-order valence-electron chi connectivity index (χ3n) is 3.91. The highest BCUT2D eigenvalue weighted by Gasteiger charge is 2.10. The zero-order chi connectivity index (χ0) is 19.4. The van der Waals surface area contributed by atoms with E-state index in [0.29, 0.717) is 24.0 Å². The maximum atomic E-state index is 13.2. The van der Waals surface area contributed by atoms with Gasteiger partial charge in [-0.25, -0.2) is 9.37 Å². The molecule has 0 spiro atoms. The van der Waals surface area contributed by atoms with Crippen molar-refractivity contribution >= 4 is 28.4 Å². The van der Waals surface area contributed by atoms with E-state index in [1.54, 1.807) is 24.3 Å². The number of carbonyl (C=O) groups is 1. The van der Waals surface area contributed by atoms with E-state index in [2.05, 4.69) is 21.2 Å². The monoisotopic (exact) mass is 364 g/mol. The van der Waals surface area contributed by atoms with Gasteiger partial charge in [-0.1, -0.05) is 12.0 Å². The third-order valence-corrected chi connectivity index (χ3v) is 3.91. The molecule has 0 atom stereocenters. The van der Waals surface area contributed by atoms with Gasteiger partial charge in [-0.2, -0.15) is 0 Å². The molecule has 1 heterocycles. The molecule has 6 nitrogen and oxygen atoms in total. The predicted octanol–water partition coefficient (Wildman–Crippen LogP) is 2.66. The third kappa shape index (κ3) is 4.30. The Morgan fingerprint density at radius 2 is 2.04 bits per heavy atom. The number of carbonyl (C=O) groups excluding carboxylic acids is 1. The van der Waals surface area contributed by atoms with Gasteiger partial charge in [-0.3, -0.25) is 19.9 Å². The van der Waals surface area contributed by atoms with E-state index in [4.69, 9.17) is 6.42 Å². The molecule has 3 aromatic rings.